The van der Waals surface area contributed by atoms with Gasteiger partial charge in [-0.2, -0.15) is 0 Å². The molecule has 0 radical (unpaired) electrons. The molecule has 3 heterocycles. The van der Waals surface area contributed by atoms with Crippen LogP contribution in [0.3, 0.4) is 0 Å². The van der Waals surface area contributed by atoms with Crippen molar-refractivity contribution in [3.05, 3.63) is 102 Å². The maximum atomic E-state index is 6.37. The number of nitrogens with one attached hydrogen (secondary N) is 1. The lowest BCUT2D eigenvalue weighted by atomic mass is 10.0. The highest BCUT2D eigenvalue weighted by Gasteiger charge is 2.42. The van der Waals surface area contributed by atoms with E-state index in [-0.39, 0.29) is 12.1 Å². The second-order valence-electron chi connectivity index (χ2n) is 7.77. The van der Waals surface area contributed by atoms with Crippen molar-refractivity contribution in [2.75, 3.05) is 12.0 Å². The Kier molecular flexibility index (Phi) is 6.07. The first-order chi connectivity index (χ1) is 16.1. The van der Waals surface area contributed by atoms with E-state index in [9.17, 15) is 0 Å². The Balaban J connectivity index is 1.51. The summed E-state index contributed by atoms with van der Waals surface area (Å²) < 4.78 is 11.7. The number of methoxy groups -OCH3 is 1. The van der Waals surface area contributed by atoms with Gasteiger partial charge >= 0.3 is 0 Å². The minimum absolute atomic E-state index is 0.149. The molecule has 166 valence electrons. The van der Waals surface area contributed by atoms with Gasteiger partial charge in [-0.3, -0.25) is 4.98 Å². The van der Waals surface area contributed by atoms with E-state index in [0.717, 1.165) is 32.9 Å². The molecule has 0 aliphatic carbocycles. The number of aryl methyl sites for hydroxylation is 1. The summed E-state index contributed by atoms with van der Waals surface area (Å²) in [6.45, 7) is 2.08. The Labute approximate surface area is 202 Å². The number of rotatable bonds is 6. The van der Waals surface area contributed by atoms with Crippen molar-refractivity contribution < 1.29 is 9.15 Å². The lowest BCUT2D eigenvalue weighted by molar-refractivity contribution is 0.383. The summed E-state index contributed by atoms with van der Waals surface area (Å²) in [5.74, 6) is 1.62. The highest BCUT2D eigenvalue weighted by molar-refractivity contribution is 7.99. The number of anilines is 1. The van der Waals surface area contributed by atoms with Crippen LogP contribution in [0.2, 0.25) is 0 Å². The molecule has 0 spiro atoms. The largest absolute Gasteiger partial charge is 0.497 e. The van der Waals surface area contributed by atoms with Gasteiger partial charge in [0.2, 0.25) is 0 Å². The average Bonchev–Trinajstić information content (AvgIpc) is 3.45. The number of furan rings is 1. The van der Waals surface area contributed by atoms with Gasteiger partial charge in [0.1, 0.15) is 17.6 Å². The number of nitrogens with zero attached hydrogens (tertiary/aromatic N) is 2. The zero-order chi connectivity index (χ0) is 22.8. The number of hydrogen-bond donors (Lipinski definition) is 1. The number of hydrogen-bond acceptors (Lipinski definition) is 5. The fourth-order valence-corrected chi connectivity index (χ4v) is 5.06. The Bertz CT molecular complexity index is 1240. The Morgan fingerprint density at radius 3 is 2.48 bits per heavy atom. The molecule has 5 nitrogen and oxygen atoms in total. The molecule has 33 heavy (non-hydrogen) atoms. The molecule has 1 fully saturated rings. The highest BCUT2D eigenvalue weighted by atomic mass is 32.2. The molecule has 7 heteroatoms. The summed E-state index contributed by atoms with van der Waals surface area (Å²) in [4.78, 5) is 7.82. The van der Waals surface area contributed by atoms with Crippen molar-refractivity contribution in [1.29, 1.82) is 0 Å². The minimum Gasteiger partial charge on any atom is -0.497 e. The van der Waals surface area contributed by atoms with Gasteiger partial charge in [0.05, 0.1) is 18.8 Å². The number of aromatic nitrogens is 1. The number of benzene rings is 2. The van der Waals surface area contributed by atoms with Gasteiger partial charge in [0, 0.05) is 16.8 Å². The Morgan fingerprint density at radius 2 is 1.79 bits per heavy atom. The van der Waals surface area contributed by atoms with E-state index in [1.807, 2.05) is 54.6 Å². The zero-order valence-electron chi connectivity index (χ0n) is 18.3. The maximum absolute atomic E-state index is 6.37. The fourth-order valence-electron chi connectivity index (χ4n) is 3.94. The average molecular weight is 474 g/mol. The van der Waals surface area contributed by atoms with E-state index >= 15 is 0 Å². The van der Waals surface area contributed by atoms with Crippen molar-refractivity contribution in [3.8, 4) is 5.75 Å². The topological polar surface area (TPSA) is 50.5 Å². The van der Waals surface area contributed by atoms with Crippen LogP contribution in [0, 0.1) is 6.92 Å². The fraction of sp³-hybridized carbons (Fsp3) is 0.154. The lowest BCUT2D eigenvalue weighted by Gasteiger charge is -2.26. The minimum atomic E-state index is -0.187. The second kappa shape index (κ2) is 9.29. The number of pyridine rings is 1. The van der Waals surface area contributed by atoms with E-state index < -0.39 is 0 Å². The predicted molar refractivity (Wildman–Crippen MR) is 135 cm³/mol. The standard InChI is InChI=1S/C26H23N3O2S2/c1-17-6-12-20(13-7-17)33-23-15-14-22(31-23)25-24(21-5-3-4-16-27-21)28-26(32)29(25)18-8-10-19(30-2)11-9-18/h3-16,24-25H,1-2H3,(H,28,32). The van der Waals surface area contributed by atoms with Gasteiger partial charge < -0.3 is 19.4 Å². The quantitative estimate of drug-likeness (QED) is 0.329. The second-order valence-corrected chi connectivity index (χ2v) is 9.23. The van der Waals surface area contributed by atoms with Crippen LogP contribution >= 0.6 is 24.0 Å². The highest BCUT2D eigenvalue weighted by Crippen LogP contribution is 2.43. The molecule has 1 aliphatic rings. The lowest BCUT2D eigenvalue weighted by Crippen LogP contribution is -2.29. The first-order valence-electron chi connectivity index (χ1n) is 10.6. The molecular formula is C26H23N3O2S2. The Morgan fingerprint density at radius 1 is 1.00 bits per heavy atom. The van der Waals surface area contributed by atoms with E-state index in [1.165, 1.54) is 5.56 Å². The molecule has 0 bridgehead atoms. The molecule has 2 aromatic heterocycles. The molecule has 5 rings (SSSR count). The summed E-state index contributed by atoms with van der Waals surface area (Å²) in [6.07, 6.45) is 1.80. The molecule has 2 unspecified atom stereocenters. The number of thiocarbonyl (C=S) groups is 1. The van der Waals surface area contributed by atoms with E-state index in [1.54, 1.807) is 25.1 Å². The van der Waals surface area contributed by atoms with Crippen molar-refractivity contribution >= 4 is 34.8 Å². The summed E-state index contributed by atoms with van der Waals surface area (Å²) in [7, 11) is 1.66. The summed E-state index contributed by atoms with van der Waals surface area (Å²) in [5.41, 5.74) is 3.10. The number of ether oxygens (including phenoxy) is 1. The Hall–Kier alpha value is -3.29. The van der Waals surface area contributed by atoms with Crippen LogP contribution in [0.25, 0.3) is 0 Å². The molecule has 1 N–H and O–H groups in total. The van der Waals surface area contributed by atoms with Crippen LogP contribution in [0.1, 0.15) is 29.1 Å². The third-order valence-electron chi connectivity index (χ3n) is 5.58. The molecule has 1 aliphatic heterocycles. The zero-order valence-corrected chi connectivity index (χ0v) is 19.9. The maximum Gasteiger partial charge on any atom is 0.174 e. The van der Waals surface area contributed by atoms with Gasteiger partial charge in [-0.25, -0.2) is 0 Å². The normalized spacial score (nSPS) is 17.8. The SMILES string of the molecule is COc1ccc(N2C(=S)NC(c3ccccn3)C2c2ccc(Sc3ccc(C)cc3)o2)cc1. The van der Waals surface area contributed by atoms with Gasteiger partial charge in [-0.05, 0) is 79.8 Å². The first-order valence-corrected chi connectivity index (χ1v) is 11.8. The van der Waals surface area contributed by atoms with Gasteiger partial charge in [-0.15, -0.1) is 0 Å². The van der Waals surface area contributed by atoms with Crippen molar-refractivity contribution in [1.82, 2.24) is 10.3 Å². The van der Waals surface area contributed by atoms with E-state index in [2.05, 4.69) is 46.4 Å². The van der Waals surface area contributed by atoms with Gasteiger partial charge in [-0.1, -0.05) is 35.5 Å². The van der Waals surface area contributed by atoms with E-state index in [0.29, 0.717) is 5.11 Å². The van der Waals surface area contributed by atoms with Crippen LogP contribution < -0.4 is 15.0 Å². The van der Waals surface area contributed by atoms with Crippen molar-refractivity contribution in [2.24, 2.45) is 0 Å². The third-order valence-corrected chi connectivity index (χ3v) is 6.82. The summed E-state index contributed by atoms with van der Waals surface area (Å²) in [5, 5.41) is 4.92. The van der Waals surface area contributed by atoms with Crippen molar-refractivity contribution in [2.45, 2.75) is 29.0 Å². The summed E-state index contributed by atoms with van der Waals surface area (Å²) >= 11 is 7.38. The molecule has 0 saturated carbocycles. The predicted octanol–water partition coefficient (Wildman–Crippen LogP) is 6.32. The molecule has 1 saturated heterocycles. The molecule has 2 atom stereocenters. The summed E-state index contributed by atoms with van der Waals surface area (Å²) in [6, 6.07) is 25.9. The van der Waals surface area contributed by atoms with Gasteiger partial charge in [0.15, 0.2) is 10.2 Å². The van der Waals surface area contributed by atoms with Crippen LogP contribution in [-0.2, 0) is 0 Å². The van der Waals surface area contributed by atoms with Crippen LogP contribution in [0.15, 0.2) is 99.5 Å². The molecule has 4 aromatic rings. The monoisotopic (exact) mass is 473 g/mol. The molecule has 0 amide bonds. The van der Waals surface area contributed by atoms with Crippen LogP contribution in [-0.4, -0.2) is 17.2 Å². The first kappa shape index (κ1) is 21.6. The van der Waals surface area contributed by atoms with Crippen molar-refractivity contribution in [3.63, 3.8) is 0 Å². The smallest absolute Gasteiger partial charge is 0.174 e. The molecule has 2 aromatic carbocycles. The van der Waals surface area contributed by atoms with Crippen LogP contribution in [0.5, 0.6) is 5.75 Å². The molecular weight excluding hydrogens is 450 g/mol. The van der Waals surface area contributed by atoms with Crippen LogP contribution in [0.4, 0.5) is 5.69 Å². The third kappa shape index (κ3) is 4.47. The van der Waals surface area contributed by atoms with Gasteiger partial charge in [0.25, 0.3) is 0 Å². The van der Waals surface area contributed by atoms with E-state index in [4.69, 9.17) is 21.4 Å².